The second kappa shape index (κ2) is 5.10. The normalized spacial score (nSPS) is 11.0. The summed E-state index contributed by atoms with van der Waals surface area (Å²) in [6.07, 6.45) is 0. The Morgan fingerprint density at radius 2 is 1.84 bits per heavy atom. The summed E-state index contributed by atoms with van der Waals surface area (Å²) in [7, 11) is 0. The van der Waals surface area contributed by atoms with Gasteiger partial charge in [-0.15, -0.1) is 0 Å². The van der Waals surface area contributed by atoms with Crippen molar-refractivity contribution in [2.24, 2.45) is 0 Å². The molecule has 0 bridgehead atoms. The lowest BCUT2D eigenvalue weighted by atomic mass is 10.1. The summed E-state index contributed by atoms with van der Waals surface area (Å²) < 4.78 is 1.96. The van der Waals surface area contributed by atoms with Crippen molar-refractivity contribution in [3.8, 4) is 0 Å². The lowest BCUT2D eigenvalue weighted by Gasteiger charge is -2.15. The minimum absolute atomic E-state index is 0.0732. The maximum Gasteiger partial charge on any atom is 0.211 e. The molecule has 0 spiro atoms. The van der Waals surface area contributed by atoms with E-state index >= 15 is 0 Å². The zero-order valence-corrected chi connectivity index (χ0v) is 12.0. The molecule has 3 nitrogen and oxygen atoms in total. The van der Waals surface area contributed by atoms with E-state index in [2.05, 4.69) is 0 Å². The molecule has 2 aromatic rings. The number of carbonyl (C=O) groups is 1. The molecule has 1 aromatic heterocycles. The van der Waals surface area contributed by atoms with Crippen LogP contribution in [0.1, 0.15) is 41.6 Å². The molecule has 0 radical (unpaired) electrons. The van der Waals surface area contributed by atoms with Gasteiger partial charge in [0.05, 0.1) is 5.69 Å². The van der Waals surface area contributed by atoms with Gasteiger partial charge in [-0.3, -0.25) is 4.79 Å². The van der Waals surface area contributed by atoms with Gasteiger partial charge in [-0.25, -0.2) is 0 Å². The van der Waals surface area contributed by atoms with Crippen LogP contribution < -0.4 is 5.73 Å². The monoisotopic (exact) mass is 276 g/mol. The van der Waals surface area contributed by atoms with Gasteiger partial charge in [0.25, 0.3) is 0 Å². The summed E-state index contributed by atoms with van der Waals surface area (Å²) in [6, 6.07) is 8.88. The number of benzene rings is 1. The third-order valence-electron chi connectivity index (χ3n) is 3.10. The molecule has 1 heterocycles. The number of nitrogen functional groups attached to an aromatic ring is 1. The largest absolute Gasteiger partial charge is 0.397 e. The van der Waals surface area contributed by atoms with Gasteiger partial charge in [-0.05, 0) is 51.1 Å². The Bertz CT molecular complexity index is 612. The molecular formula is C15H17ClN2O. The summed E-state index contributed by atoms with van der Waals surface area (Å²) in [4.78, 5) is 12.6. The number of aromatic nitrogens is 1. The molecular weight excluding hydrogens is 260 g/mol. The molecule has 2 N–H and O–H groups in total. The zero-order valence-electron chi connectivity index (χ0n) is 11.3. The quantitative estimate of drug-likeness (QED) is 0.866. The SMILES string of the molecule is Cc1cc(N)c(C(=O)c2ccc(Cl)cc2)n1C(C)C. The fourth-order valence-corrected chi connectivity index (χ4v) is 2.45. The Balaban J connectivity index is 2.52. The van der Waals surface area contributed by atoms with Crippen LogP contribution in [0.4, 0.5) is 5.69 Å². The molecule has 19 heavy (non-hydrogen) atoms. The number of nitrogens with zero attached hydrogens (tertiary/aromatic N) is 1. The summed E-state index contributed by atoms with van der Waals surface area (Å²) in [6.45, 7) is 6.02. The van der Waals surface area contributed by atoms with Crippen molar-refractivity contribution in [3.63, 3.8) is 0 Å². The number of anilines is 1. The molecule has 0 aliphatic heterocycles. The molecule has 0 fully saturated rings. The van der Waals surface area contributed by atoms with E-state index < -0.39 is 0 Å². The summed E-state index contributed by atoms with van der Waals surface area (Å²) >= 11 is 5.84. The molecule has 0 aliphatic rings. The van der Waals surface area contributed by atoms with E-state index in [4.69, 9.17) is 17.3 Å². The average Bonchev–Trinajstić information content (AvgIpc) is 2.64. The van der Waals surface area contributed by atoms with E-state index in [1.54, 1.807) is 24.3 Å². The highest BCUT2D eigenvalue weighted by molar-refractivity contribution is 6.30. The molecule has 0 aliphatic carbocycles. The molecule has 1 aromatic carbocycles. The van der Waals surface area contributed by atoms with Crippen molar-refractivity contribution < 1.29 is 4.79 Å². The molecule has 0 saturated heterocycles. The third-order valence-corrected chi connectivity index (χ3v) is 3.35. The van der Waals surface area contributed by atoms with Gasteiger partial charge in [0, 0.05) is 22.3 Å². The lowest BCUT2D eigenvalue weighted by Crippen LogP contribution is -2.14. The minimum atomic E-state index is -0.0732. The maximum atomic E-state index is 12.6. The third kappa shape index (κ3) is 2.51. The first-order valence-corrected chi connectivity index (χ1v) is 6.57. The summed E-state index contributed by atoms with van der Waals surface area (Å²) in [5.74, 6) is -0.0732. The van der Waals surface area contributed by atoms with Crippen molar-refractivity contribution in [2.75, 3.05) is 5.73 Å². The Kier molecular flexibility index (Phi) is 3.67. The van der Waals surface area contributed by atoms with Gasteiger partial charge in [0.15, 0.2) is 0 Å². The van der Waals surface area contributed by atoms with Gasteiger partial charge in [-0.2, -0.15) is 0 Å². The van der Waals surface area contributed by atoms with Crippen molar-refractivity contribution in [3.05, 3.63) is 52.3 Å². The van der Waals surface area contributed by atoms with Crippen LogP contribution in [0.15, 0.2) is 30.3 Å². The van der Waals surface area contributed by atoms with Crippen LogP contribution in [0, 0.1) is 6.92 Å². The van der Waals surface area contributed by atoms with Crippen LogP contribution in [0.5, 0.6) is 0 Å². The van der Waals surface area contributed by atoms with Crippen LogP contribution in [0.25, 0.3) is 0 Å². The number of aryl methyl sites for hydroxylation is 1. The lowest BCUT2D eigenvalue weighted by molar-refractivity contribution is 0.102. The number of hydrogen-bond acceptors (Lipinski definition) is 2. The predicted molar refractivity (Wildman–Crippen MR) is 78.9 cm³/mol. The van der Waals surface area contributed by atoms with E-state index in [-0.39, 0.29) is 11.8 Å². The number of ketones is 1. The molecule has 0 unspecified atom stereocenters. The molecule has 0 atom stereocenters. The first kappa shape index (κ1) is 13.7. The van der Waals surface area contributed by atoms with Crippen molar-refractivity contribution >= 4 is 23.1 Å². The fourth-order valence-electron chi connectivity index (χ4n) is 2.32. The number of halogens is 1. The van der Waals surface area contributed by atoms with Gasteiger partial charge in [0.2, 0.25) is 5.78 Å². The van der Waals surface area contributed by atoms with Crippen LogP contribution >= 0.6 is 11.6 Å². The highest BCUT2D eigenvalue weighted by atomic mass is 35.5. The Morgan fingerprint density at radius 3 is 2.37 bits per heavy atom. The van der Waals surface area contributed by atoms with Crippen molar-refractivity contribution in [1.29, 1.82) is 0 Å². The topological polar surface area (TPSA) is 48.0 Å². The van der Waals surface area contributed by atoms with Crippen LogP contribution in [0.3, 0.4) is 0 Å². The second-order valence-corrected chi connectivity index (χ2v) is 5.33. The van der Waals surface area contributed by atoms with Gasteiger partial charge >= 0.3 is 0 Å². The number of nitrogens with two attached hydrogens (primary N) is 1. The number of hydrogen-bond donors (Lipinski definition) is 1. The number of carbonyl (C=O) groups excluding carboxylic acids is 1. The Labute approximate surface area is 118 Å². The van der Waals surface area contributed by atoms with E-state index in [1.807, 2.05) is 31.4 Å². The molecule has 2 rings (SSSR count). The highest BCUT2D eigenvalue weighted by Crippen LogP contribution is 2.25. The molecule has 0 saturated carbocycles. The Hall–Kier alpha value is -1.74. The second-order valence-electron chi connectivity index (χ2n) is 4.89. The predicted octanol–water partition coefficient (Wildman–Crippen LogP) is 3.84. The van der Waals surface area contributed by atoms with E-state index in [0.717, 1.165) is 5.69 Å². The smallest absolute Gasteiger partial charge is 0.211 e. The van der Waals surface area contributed by atoms with Crippen molar-refractivity contribution in [2.45, 2.75) is 26.8 Å². The summed E-state index contributed by atoms with van der Waals surface area (Å²) in [5.41, 5.74) is 8.63. The number of rotatable bonds is 3. The molecule has 100 valence electrons. The Morgan fingerprint density at radius 1 is 1.26 bits per heavy atom. The molecule has 0 amide bonds. The van der Waals surface area contributed by atoms with E-state index in [1.165, 1.54) is 0 Å². The zero-order chi connectivity index (χ0) is 14.2. The van der Waals surface area contributed by atoms with Crippen molar-refractivity contribution in [1.82, 2.24) is 4.57 Å². The van der Waals surface area contributed by atoms with Crippen LogP contribution in [-0.4, -0.2) is 10.4 Å². The highest BCUT2D eigenvalue weighted by Gasteiger charge is 2.20. The molecule has 4 heteroatoms. The first-order chi connectivity index (χ1) is 8.91. The van der Waals surface area contributed by atoms with Gasteiger partial charge in [-0.1, -0.05) is 11.6 Å². The fraction of sp³-hybridized carbons (Fsp3) is 0.267. The van der Waals surface area contributed by atoms with E-state index in [0.29, 0.717) is 22.0 Å². The summed E-state index contributed by atoms with van der Waals surface area (Å²) in [5, 5.41) is 0.611. The first-order valence-electron chi connectivity index (χ1n) is 6.19. The standard InChI is InChI=1S/C15H17ClN2O/c1-9(2)18-10(3)8-13(17)14(18)15(19)11-4-6-12(16)7-5-11/h4-9H,17H2,1-3H3. The minimum Gasteiger partial charge on any atom is -0.397 e. The van der Waals surface area contributed by atoms with Crippen LogP contribution in [-0.2, 0) is 0 Å². The maximum absolute atomic E-state index is 12.6. The van der Waals surface area contributed by atoms with Crippen LogP contribution in [0.2, 0.25) is 5.02 Å². The van der Waals surface area contributed by atoms with Gasteiger partial charge in [0.1, 0.15) is 5.69 Å². The average molecular weight is 277 g/mol. The van der Waals surface area contributed by atoms with Gasteiger partial charge < -0.3 is 10.3 Å². The van der Waals surface area contributed by atoms with E-state index in [9.17, 15) is 4.79 Å².